The molecule has 19 heavy (non-hydrogen) atoms. The molecule has 0 spiro atoms. The molecule has 2 aliphatic heterocycles. The van der Waals surface area contributed by atoms with Crippen LogP contribution >= 0.6 is 0 Å². The third-order valence-electron chi connectivity index (χ3n) is 4.63. The number of nitrogens with two attached hydrogens (primary N) is 1. The summed E-state index contributed by atoms with van der Waals surface area (Å²) in [6.45, 7) is 5.55. The highest BCUT2D eigenvalue weighted by atomic mass is 16.7. The summed E-state index contributed by atoms with van der Waals surface area (Å²) < 4.78 is 10.6. The van der Waals surface area contributed by atoms with Crippen LogP contribution in [-0.4, -0.2) is 75.1 Å². The Morgan fingerprint density at radius 3 is 2.42 bits per heavy atom. The Hall–Kier alpha value is -0.200. The summed E-state index contributed by atoms with van der Waals surface area (Å²) in [5.41, 5.74) is 5.94. The van der Waals surface area contributed by atoms with Gasteiger partial charge >= 0.3 is 0 Å². The molecule has 2 unspecified atom stereocenters. The average Bonchev–Trinajstić information content (AvgIpc) is 3.11. The Balaban J connectivity index is 1.82. The number of rotatable bonds is 7. The molecule has 0 saturated carbocycles. The summed E-state index contributed by atoms with van der Waals surface area (Å²) in [7, 11) is 3.39. The van der Waals surface area contributed by atoms with Crippen LogP contribution in [0.2, 0.25) is 0 Å². The van der Waals surface area contributed by atoms with Crippen molar-refractivity contribution in [2.45, 2.75) is 44.1 Å². The fraction of sp³-hybridized carbons (Fsp3) is 1.00. The van der Waals surface area contributed by atoms with Crippen LogP contribution in [0.4, 0.5) is 0 Å². The van der Waals surface area contributed by atoms with Crippen molar-refractivity contribution >= 4 is 0 Å². The van der Waals surface area contributed by atoms with E-state index in [0.717, 1.165) is 25.6 Å². The Bertz CT molecular complexity index is 255. The second kappa shape index (κ2) is 7.55. The number of ether oxygens (including phenoxy) is 2. The first-order valence-corrected chi connectivity index (χ1v) is 7.52. The van der Waals surface area contributed by atoms with Gasteiger partial charge in [-0.3, -0.25) is 9.80 Å². The van der Waals surface area contributed by atoms with Gasteiger partial charge in [0, 0.05) is 52.4 Å². The zero-order valence-corrected chi connectivity index (χ0v) is 12.4. The van der Waals surface area contributed by atoms with Gasteiger partial charge in [0.15, 0.2) is 6.29 Å². The first kappa shape index (κ1) is 15.2. The molecule has 5 nitrogen and oxygen atoms in total. The predicted molar refractivity (Wildman–Crippen MR) is 76.1 cm³/mol. The van der Waals surface area contributed by atoms with E-state index in [-0.39, 0.29) is 6.29 Å². The van der Waals surface area contributed by atoms with E-state index < -0.39 is 0 Å². The van der Waals surface area contributed by atoms with Crippen LogP contribution in [0.1, 0.15) is 25.7 Å². The lowest BCUT2D eigenvalue weighted by molar-refractivity contribution is -0.115. The largest absolute Gasteiger partial charge is 0.356 e. The lowest BCUT2D eigenvalue weighted by Gasteiger charge is -2.30. The van der Waals surface area contributed by atoms with E-state index in [0.29, 0.717) is 12.6 Å². The standard InChI is InChI=1S/C14H29N3O2/c1-18-14(19-2)9-13(10-15)17-8-5-12(11-17)16-6-3-4-7-16/h12-14H,3-11,15H2,1-2H3. The van der Waals surface area contributed by atoms with Gasteiger partial charge in [0.05, 0.1) is 0 Å². The molecule has 2 heterocycles. The molecule has 2 rings (SSSR count). The minimum atomic E-state index is -0.139. The second-order valence-electron chi connectivity index (χ2n) is 5.71. The topological polar surface area (TPSA) is 51.0 Å². The van der Waals surface area contributed by atoms with Crippen molar-refractivity contribution in [1.82, 2.24) is 9.80 Å². The van der Waals surface area contributed by atoms with Crippen LogP contribution in [0.15, 0.2) is 0 Å². The van der Waals surface area contributed by atoms with E-state index in [1.807, 2.05) is 0 Å². The third kappa shape index (κ3) is 3.89. The summed E-state index contributed by atoms with van der Waals surface area (Å²) in [6, 6.07) is 1.11. The SMILES string of the molecule is COC(CC(CN)N1CCC(N2CCCC2)C1)OC. The first-order valence-electron chi connectivity index (χ1n) is 7.52. The molecule has 2 aliphatic rings. The maximum absolute atomic E-state index is 5.94. The number of likely N-dealkylation sites (tertiary alicyclic amines) is 2. The molecule has 2 N–H and O–H groups in total. The van der Waals surface area contributed by atoms with Crippen molar-refractivity contribution in [2.24, 2.45) is 5.73 Å². The van der Waals surface area contributed by atoms with Gasteiger partial charge in [0.2, 0.25) is 0 Å². The Kier molecular flexibility index (Phi) is 6.04. The zero-order valence-electron chi connectivity index (χ0n) is 12.4. The van der Waals surface area contributed by atoms with Gasteiger partial charge in [0.25, 0.3) is 0 Å². The van der Waals surface area contributed by atoms with Crippen molar-refractivity contribution in [2.75, 3.05) is 46.9 Å². The van der Waals surface area contributed by atoms with Gasteiger partial charge in [-0.25, -0.2) is 0 Å². The van der Waals surface area contributed by atoms with Crippen LogP contribution in [0.5, 0.6) is 0 Å². The highest BCUT2D eigenvalue weighted by Gasteiger charge is 2.33. The minimum Gasteiger partial charge on any atom is -0.356 e. The van der Waals surface area contributed by atoms with Gasteiger partial charge in [-0.2, -0.15) is 0 Å². The lowest BCUT2D eigenvalue weighted by atomic mass is 10.1. The van der Waals surface area contributed by atoms with E-state index in [1.54, 1.807) is 14.2 Å². The van der Waals surface area contributed by atoms with Crippen LogP contribution in [0, 0.1) is 0 Å². The Morgan fingerprint density at radius 2 is 1.84 bits per heavy atom. The van der Waals surface area contributed by atoms with Gasteiger partial charge in [-0.15, -0.1) is 0 Å². The normalized spacial score (nSPS) is 27.5. The molecule has 0 aromatic heterocycles. The molecule has 112 valence electrons. The lowest BCUT2D eigenvalue weighted by Crippen LogP contribution is -2.44. The van der Waals surface area contributed by atoms with Crippen molar-refractivity contribution in [1.29, 1.82) is 0 Å². The number of nitrogens with zero attached hydrogens (tertiary/aromatic N) is 2. The summed E-state index contributed by atoms with van der Waals surface area (Å²) >= 11 is 0. The maximum Gasteiger partial charge on any atom is 0.158 e. The highest BCUT2D eigenvalue weighted by Crippen LogP contribution is 2.23. The molecule has 2 saturated heterocycles. The van der Waals surface area contributed by atoms with Gasteiger partial charge in [-0.1, -0.05) is 0 Å². The third-order valence-corrected chi connectivity index (χ3v) is 4.63. The summed E-state index contributed by atoms with van der Waals surface area (Å²) in [4.78, 5) is 5.17. The van der Waals surface area contributed by atoms with Crippen molar-refractivity contribution < 1.29 is 9.47 Å². The van der Waals surface area contributed by atoms with Crippen LogP contribution < -0.4 is 5.73 Å². The molecular formula is C14H29N3O2. The van der Waals surface area contributed by atoms with E-state index in [4.69, 9.17) is 15.2 Å². The van der Waals surface area contributed by atoms with Crippen LogP contribution in [-0.2, 0) is 9.47 Å². The van der Waals surface area contributed by atoms with Gasteiger partial charge in [0.1, 0.15) is 0 Å². The molecule has 2 fully saturated rings. The predicted octanol–water partition coefficient (Wildman–Crippen LogP) is 0.493. The number of hydrogen-bond donors (Lipinski definition) is 1. The first-order chi connectivity index (χ1) is 9.28. The number of methoxy groups -OCH3 is 2. The van der Waals surface area contributed by atoms with Crippen LogP contribution in [0.3, 0.4) is 0 Å². The Morgan fingerprint density at radius 1 is 1.16 bits per heavy atom. The van der Waals surface area contributed by atoms with E-state index in [2.05, 4.69) is 9.80 Å². The van der Waals surface area contributed by atoms with E-state index in [1.165, 1.54) is 32.4 Å². The average molecular weight is 271 g/mol. The van der Waals surface area contributed by atoms with Crippen LogP contribution in [0.25, 0.3) is 0 Å². The molecular weight excluding hydrogens is 242 g/mol. The van der Waals surface area contributed by atoms with Gasteiger partial charge < -0.3 is 15.2 Å². The molecule has 0 amide bonds. The molecule has 0 radical (unpaired) electrons. The highest BCUT2D eigenvalue weighted by molar-refractivity contribution is 4.89. The molecule has 0 aliphatic carbocycles. The summed E-state index contributed by atoms with van der Waals surface area (Å²) in [6.07, 6.45) is 4.73. The molecule has 0 bridgehead atoms. The van der Waals surface area contributed by atoms with Crippen molar-refractivity contribution in [3.63, 3.8) is 0 Å². The van der Waals surface area contributed by atoms with E-state index >= 15 is 0 Å². The molecule has 0 aromatic carbocycles. The van der Waals surface area contributed by atoms with Crippen molar-refractivity contribution in [3.05, 3.63) is 0 Å². The molecule has 2 atom stereocenters. The summed E-state index contributed by atoms with van der Waals surface area (Å²) in [5, 5.41) is 0. The maximum atomic E-state index is 5.94. The molecule has 5 heteroatoms. The second-order valence-corrected chi connectivity index (χ2v) is 5.71. The van der Waals surface area contributed by atoms with Crippen molar-refractivity contribution in [3.8, 4) is 0 Å². The van der Waals surface area contributed by atoms with E-state index in [9.17, 15) is 0 Å². The molecule has 0 aromatic rings. The monoisotopic (exact) mass is 271 g/mol. The number of hydrogen-bond acceptors (Lipinski definition) is 5. The smallest absolute Gasteiger partial charge is 0.158 e. The van der Waals surface area contributed by atoms with Gasteiger partial charge in [-0.05, 0) is 32.4 Å². The quantitative estimate of drug-likeness (QED) is 0.683. The fourth-order valence-electron chi connectivity index (χ4n) is 3.41. The Labute approximate surface area is 117 Å². The zero-order chi connectivity index (χ0) is 13.7. The fourth-order valence-corrected chi connectivity index (χ4v) is 3.41. The summed E-state index contributed by atoms with van der Waals surface area (Å²) in [5.74, 6) is 0. The minimum absolute atomic E-state index is 0.139.